The fourth-order valence-electron chi connectivity index (χ4n) is 2.77. The van der Waals surface area contributed by atoms with Gasteiger partial charge in [0.1, 0.15) is 11.6 Å². The molecule has 0 spiro atoms. The molecule has 0 bridgehead atoms. The summed E-state index contributed by atoms with van der Waals surface area (Å²) in [6.45, 7) is 0. The second kappa shape index (κ2) is 8.10. The second-order valence-electron chi connectivity index (χ2n) is 6.13. The number of phenolic OH excluding ortho intramolecular Hbond substituents is 1. The molecule has 4 aromatic rings. The molecule has 0 saturated carbocycles. The number of hydrogen-bond donors (Lipinski definition) is 2. The highest BCUT2D eigenvalue weighted by Gasteiger charge is 2.18. The van der Waals surface area contributed by atoms with Crippen LogP contribution in [-0.2, 0) is 0 Å². The number of phenols is 1. The number of anilines is 1. The number of nitrogens with one attached hydrogen (secondary N) is 1. The average molecular weight is 444 g/mol. The highest BCUT2D eigenvalue weighted by atomic mass is 35.5. The fourth-order valence-corrected chi connectivity index (χ4v) is 3.26. The van der Waals surface area contributed by atoms with Crippen LogP contribution in [0.3, 0.4) is 0 Å². The molecule has 0 atom stereocenters. The van der Waals surface area contributed by atoms with Crippen LogP contribution in [0.15, 0.2) is 61.1 Å². The number of pyridine rings is 1. The Bertz CT molecular complexity index is 1230. The number of hydrogen-bond acceptors (Lipinski definition) is 5. The monoisotopic (exact) mass is 443 g/mol. The van der Waals surface area contributed by atoms with E-state index in [-0.39, 0.29) is 21.4 Å². The Kier molecular flexibility index (Phi) is 5.35. The zero-order valence-corrected chi connectivity index (χ0v) is 16.6. The van der Waals surface area contributed by atoms with Gasteiger partial charge in [0.15, 0.2) is 5.82 Å². The summed E-state index contributed by atoms with van der Waals surface area (Å²) in [6, 6.07) is 10.0. The lowest BCUT2D eigenvalue weighted by molar-refractivity contribution is 0.102. The molecule has 0 saturated heterocycles. The molecule has 10 heteroatoms. The quantitative estimate of drug-likeness (QED) is 0.475. The first-order valence-corrected chi connectivity index (χ1v) is 9.30. The van der Waals surface area contributed by atoms with E-state index in [2.05, 4.69) is 20.5 Å². The van der Waals surface area contributed by atoms with Crippen molar-refractivity contribution in [2.75, 3.05) is 5.32 Å². The van der Waals surface area contributed by atoms with Crippen LogP contribution >= 0.6 is 23.2 Å². The first-order chi connectivity index (χ1) is 14.4. The van der Waals surface area contributed by atoms with Crippen LogP contribution in [-0.4, -0.2) is 31.0 Å². The Morgan fingerprint density at radius 2 is 1.77 bits per heavy atom. The smallest absolute Gasteiger partial charge is 0.257 e. The molecule has 2 aromatic carbocycles. The predicted octanol–water partition coefficient (Wildman–Crippen LogP) is 4.73. The van der Waals surface area contributed by atoms with Gasteiger partial charge in [0, 0.05) is 5.56 Å². The van der Waals surface area contributed by atoms with Crippen molar-refractivity contribution in [3.8, 4) is 22.7 Å². The van der Waals surface area contributed by atoms with Crippen LogP contribution in [0.25, 0.3) is 16.9 Å². The lowest BCUT2D eigenvalue weighted by atomic mass is 10.0. The average Bonchev–Trinajstić information content (AvgIpc) is 3.25. The highest BCUT2D eigenvalue weighted by Crippen LogP contribution is 2.38. The van der Waals surface area contributed by atoms with Crippen LogP contribution in [0.1, 0.15) is 10.4 Å². The fraction of sp³-hybridized carbons (Fsp3) is 0. The summed E-state index contributed by atoms with van der Waals surface area (Å²) in [5, 5.41) is 21.1. The summed E-state index contributed by atoms with van der Waals surface area (Å²) in [7, 11) is 0. The van der Waals surface area contributed by atoms with Crippen LogP contribution in [0.2, 0.25) is 10.0 Å². The van der Waals surface area contributed by atoms with Crippen molar-refractivity contribution in [2.24, 2.45) is 0 Å². The number of benzene rings is 2. The molecule has 2 aromatic heterocycles. The molecule has 0 aliphatic heterocycles. The maximum atomic E-state index is 13.1. The van der Waals surface area contributed by atoms with Gasteiger partial charge in [0.25, 0.3) is 5.91 Å². The van der Waals surface area contributed by atoms with Crippen LogP contribution in [0, 0.1) is 5.82 Å². The van der Waals surface area contributed by atoms with E-state index in [9.17, 15) is 14.3 Å². The standard InChI is InChI=1S/C20H12Cl2FN5O2/c21-16-9-13(10-24-19(16)28-25-7-8-26-28)27-20(30)15-6-5-14(18(29)17(15)22)11-1-3-12(23)4-2-11/h1-10,29H,(H,27,30). The minimum absolute atomic E-state index is 0.0500. The highest BCUT2D eigenvalue weighted by molar-refractivity contribution is 6.36. The van der Waals surface area contributed by atoms with Crippen molar-refractivity contribution in [1.29, 1.82) is 0 Å². The molecule has 150 valence electrons. The summed E-state index contributed by atoms with van der Waals surface area (Å²) in [6.07, 6.45) is 4.36. The molecule has 2 N–H and O–H groups in total. The van der Waals surface area contributed by atoms with E-state index in [1.807, 2.05) is 0 Å². The number of aromatic nitrogens is 4. The van der Waals surface area contributed by atoms with Gasteiger partial charge in [-0.2, -0.15) is 10.2 Å². The predicted molar refractivity (Wildman–Crippen MR) is 111 cm³/mol. The van der Waals surface area contributed by atoms with E-state index >= 15 is 0 Å². The number of aromatic hydroxyl groups is 1. The van der Waals surface area contributed by atoms with Gasteiger partial charge in [-0.3, -0.25) is 4.79 Å². The molecule has 0 fully saturated rings. The van der Waals surface area contributed by atoms with Gasteiger partial charge in [-0.1, -0.05) is 35.3 Å². The van der Waals surface area contributed by atoms with Crippen LogP contribution in [0.5, 0.6) is 5.75 Å². The zero-order chi connectivity index (χ0) is 21.3. The van der Waals surface area contributed by atoms with E-state index in [0.717, 1.165) is 0 Å². The Hall–Kier alpha value is -3.49. The lowest BCUT2D eigenvalue weighted by Crippen LogP contribution is -2.13. The van der Waals surface area contributed by atoms with E-state index in [4.69, 9.17) is 23.2 Å². The number of carbonyl (C=O) groups is 1. The van der Waals surface area contributed by atoms with Crippen molar-refractivity contribution >= 4 is 34.8 Å². The van der Waals surface area contributed by atoms with Gasteiger partial charge in [0.2, 0.25) is 0 Å². The third kappa shape index (κ3) is 3.83. The molecule has 7 nitrogen and oxygen atoms in total. The Balaban J connectivity index is 1.59. The number of carbonyl (C=O) groups excluding carboxylic acids is 1. The first kappa shape index (κ1) is 19.8. The van der Waals surface area contributed by atoms with Crippen molar-refractivity contribution in [3.63, 3.8) is 0 Å². The molecule has 4 rings (SSSR count). The van der Waals surface area contributed by atoms with E-state index in [1.54, 1.807) is 0 Å². The number of halogens is 3. The van der Waals surface area contributed by atoms with Gasteiger partial charge in [0.05, 0.1) is 39.9 Å². The molecule has 0 aliphatic rings. The largest absolute Gasteiger partial charge is 0.506 e. The van der Waals surface area contributed by atoms with Gasteiger partial charge in [-0.05, 0) is 35.9 Å². The Morgan fingerprint density at radius 1 is 1.07 bits per heavy atom. The Morgan fingerprint density at radius 3 is 2.43 bits per heavy atom. The van der Waals surface area contributed by atoms with Crippen molar-refractivity contribution in [1.82, 2.24) is 20.0 Å². The van der Waals surface area contributed by atoms with Gasteiger partial charge in [-0.25, -0.2) is 9.37 Å². The SMILES string of the molecule is O=C(Nc1cnc(-n2nccn2)c(Cl)c1)c1ccc(-c2ccc(F)cc2)c(O)c1Cl. The van der Waals surface area contributed by atoms with Gasteiger partial charge in [-0.15, -0.1) is 4.80 Å². The molecule has 30 heavy (non-hydrogen) atoms. The first-order valence-electron chi connectivity index (χ1n) is 8.55. The summed E-state index contributed by atoms with van der Waals surface area (Å²) in [5.74, 6) is -0.947. The molecule has 0 aliphatic carbocycles. The van der Waals surface area contributed by atoms with Crippen molar-refractivity contribution in [3.05, 3.63) is 82.5 Å². The number of amides is 1. The molecular weight excluding hydrogens is 432 g/mol. The molecule has 0 unspecified atom stereocenters. The van der Waals surface area contributed by atoms with Crippen LogP contribution < -0.4 is 5.32 Å². The summed E-state index contributed by atoms with van der Waals surface area (Å²) in [5.41, 5.74) is 1.30. The van der Waals surface area contributed by atoms with Crippen molar-refractivity contribution in [2.45, 2.75) is 0 Å². The maximum Gasteiger partial charge on any atom is 0.257 e. The second-order valence-corrected chi connectivity index (χ2v) is 6.92. The number of rotatable bonds is 4. The third-order valence-corrected chi connectivity index (χ3v) is 4.86. The maximum absolute atomic E-state index is 13.1. The number of nitrogens with zero attached hydrogens (tertiary/aromatic N) is 4. The van der Waals surface area contributed by atoms with E-state index in [1.165, 1.54) is 65.9 Å². The van der Waals surface area contributed by atoms with Gasteiger partial charge >= 0.3 is 0 Å². The molecule has 0 radical (unpaired) electrons. The van der Waals surface area contributed by atoms with E-state index < -0.39 is 11.7 Å². The minimum Gasteiger partial charge on any atom is -0.506 e. The lowest BCUT2D eigenvalue weighted by Gasteiger charge is -2.12. The van der Waals surface area contributed by atoms with Gasteiger partial charge < -0.3 is 10.4 Å². The summed E-state index contributed by atoms with van der Waals surface area (Å²) in [4.78, 5) is 18.0. The van der Waals surface area contributed by atoms with Crippen molar-refractivity contribution < 1.29 is 14.3 Å². The van der Waals surface area contributed by atoms with E-state index in [0.29, 0.717) is 22.6 Å². The summed E-state index contributed by atoms with van der Waals surface area (Å²) < 4.78 is 13.1. The minimum atomic E-state index is -0.566. The van der Waals surface area contributed by atoms with Crippen LogP contribution in [0.4, 0.5) is 10.1 Å². The zero-order valence-electron chi connectivity index (χ0n) is 15.1. The molecule has 1 amide bonds. The normalized spacial score (nSPS) is 10.8. The summed E-state index contributed by atoms with van der Waals surface area (Å²) >= 11 is 12.4. The third-order valence-electron chi connectivity index (χ3n) is 4.20. The topological polar surface area (TPSA) is 92.9 Å². The molecule has 2 heterocycles. The Labute approximate surface area is 179 Å². The molecular formula is C20H12Cl2FN5O2.